The van der Waals surface area contributed by atoms with Crippen molar-refractivity contribution in [3.63, 3.8) is 0 Å². The predicted molar refractivity (Wildman–Crippen MR) is 141 cm³/mol. The average molecular weight is 509 g/mol. The van der Waals surface area contributed by atoms with E-state index in [0.717, 1.165) is 73.3 Å². The van der Waals surface area contributed by atoms with Crippen LogP contribution in [0, 0.1) is 6.92 Å². The second-order valence-electron chi connectivity index (χ2n) is 9.58. The molecule has 0 spiro atoms. The first kappa shape index (κ1) is 25.0. The standard InChI is InChI=1S/C29H33ClN2O4/c1-20-6-4-7-21(16-20)28(33)22-10-11-26(23(17-22)19-35-27-9-2-3-15-34-27)32-14-12-24(18-32)36-29-25(30)8-5-13-31-29/h4-8,10-11,13,16-17,24,27-28,33H,2-3,9,12,14-15,18-19H2,1H3. The molecule has 1 N–H and O–H groups in total. The van der Waals surface area contributed by atoms with Crippen molar-refractivity contribution in [2.75, 3.05) is 24.6 Å². The highest BCUT2D eigenvalue weighted by Crippen LogP contribution is 2.33. The van der Waals surface area contributed by atoms with Gasteiger partial charge in [0.15, 0.2) is 6.29 Å². The minimum Gasteiger partial charge on any atom is -0.471 e. The molecular weight excluding hydrogens is 476 g/mol. The van der Waals surface area contributed by atoms with Crippen molar-refractivity contribution in [3.05, 3.63) is 88.1 Å². The van der Waals surface area contributed by atoms with Crippen molar-refractivity contribution < 1.29 is 19.3 Å². The lowest BCUT2D eigenvalue weighted by Crippen LogP contribution is -2.26. The van der Waals surface area contributed by atoms with Gasteiger partial charge in [0.2, 0.25) is 5.88 Å². The molecule has 0 amide bonds. The molecule has 36 heavy (non-hydrogen) atoms. The average Bonchev–Trinajstić information content (AvgIpc) is 3.37. The molecule has 2 aromatic carbocycles. The second-order valence-corrected chi connectivity index (χ2v) is 9.98. The third-order valence-electron chi connectivity index (χ3n) is 6.83. The molecule has 7 heteroatoms. The molecule has 3 heterocycles. The van der Waals surface area contributed by atoms with Gasteiger partial charge in [0.05, 0.1) is 13.2 Å². The topological polar surface area (TPSA) is 64.1 Å². The number of nitrogens with zero attached hydrogens (tertiary/aromatic N) is 2. The molecule has 0 aliphatic carbocycles. The summed E-state index contributed by atoms with van der Waals surface area (Å²) in [7, 11) is 0. The minimum atomic E-state index is -0.704. The van der Waals surface area contributed by atoms with Crippen LogP contribution >= 0.6 is 11.6 Å². The molecule has 2 fully saturated rings. The Labute approximate surface area is 217 Å². The van der Waals surface area contributed by atoms with Gasteiger partial charge >= 0.3 is 0 Å². The van der Waals surface area contributed by atoms with Gasteiger partial charge in [-0.15, -0.1) is 0 Å². The van der Waals surface area contributed by atoms with Gasteiger partial charge in [-0.25, -0.2) is 4.98 Å². The summed E-state index contributed by atoms with van der Waals surface area (Å²) < 4.78 is 18.1. The zero-order chi connectivity index (χ0) is 24.9. The van der Waals surface area contributed by atoms with Gasteiger partial charge in [-0.05, 0) is 61.6 Å². The molecule has 0 radical (unpaired) electrons. The Hall–Kier alpha value is -2.64. The molecule has 2 aliphatic heterocycles. The predicted octanol–water partition coefficient (Wildman–Crippen LogP) is 5.83. The van der Waals surface area contributed by atoms with Crippen LogP contribution in [-0.4, -0.2) is 42.2 Å². The maximum atomic E-state index is 11.1. The lowest BCUT2D eigenvalue weighted by atomic mass is 9.97. The lowest BCUT2D eigenvalue weighted by molar-refractivity contribution is -0.168. The molecule has 0 saturated carbocycles. The number of aliphatic hydroxyl groups excluding tert-OH is 1. The SMILES string of the molecule is Cc1cccc(C(O)c2ccc(N3CCC(Oc4ncccc4Cl)C3)c(COC3CCCCO3)c2)c1. The van der Waals surface area contributed by atoms with Crippen molar-refractivity contribution >= 4 is 17.3 Å². The second kappa shape index (κ2) is 11.6. The van der Waals surface area contributed by atoms with E-state index in [1.165, 1.54) is 0 Å². The summed E-state index contributed by atoms with van der Waals surface area (Å²) >= 11 is 6.25. The summed E-state index contributed by atoms with van der Waals surface area (Å²) in [5, 5.41) is 11.6. The number of pyridine rings is 1. The third-order valence-corrected chi connectivity index (χ3v) is 7.12. The molecule has 3 aromatic rings. The Bertz CT molecular complexity index is 1170. The Morgan fingerprint density at radius 1 is 1.11 bits per heavy atom. The largest absolute Gasteiger partial charge is 0.471 e. The Balaban J connectivity index is 1.35. The molecule has 2 saturated heterocycles. The van der Waals surface area contributed by atoms with Crippen LogP contribution < -0.4 is 9.64 Å². The van der Waals surface area contributed by atoms with Crippen molar-refractivity contribution in [1.29, 1.82) is 0 Å². The van der Waals surface area contributed by atoms with Crippen LogP contribution in [0.5, 0.6) is 5.88 Å². The van der Waals surface area contributed by atoms with Crippen LogP contribution in [0.1, 0.15) is 54.0 Å². The molecule has 1 aromatic heterocycles. The molecular formula is C29H33ClN2O4. The van der Waals surface area contributed by atoms with Crippen molar-refractivity contribution in [1.82, 2.24) is 4.98 Å². The van der Waals surface area contributed by atoms with Crippen molar-refractivity contribution in [2.24, 2.45) is 0 Å². The summed E-state index contributed by atoms with van der Waals surface area (Å²) in [5.74, 6) is 0.473. The normalized spacial score (nSPS) is 20.9. The van der Waals surface area contributed by atoms with Crippen LogP contribution in [0.25, 0.3) is 0 Å². The number of hydrogen-bond donors (Lipinski definition) is 1. The number of benzene rings is 2. The fraction of sp³-hybridized carbons (Fsp3) is 0.414. The van der Waals surface area contributed by atoms with Crippen LogP contribution in [0.4, 0.5) is 5.69 Å². The molecule has 3 atom stereocenters. The van der Waals surface area contributed by atoms with E-state index >= 15 is 0 Å². The first-order chi connectivity index (χ1) is 17.6. The van der Waals surface area contributed by atoms with E-state index in [1.54, 1.807) is 18.3 Å². The number of aliphatic hydroxyl groups is 1. The zero-order valence-corrected chi connectivity index (χ0v) is 21.4. The smallest absolute Gasteiger partial charge is 0.232 e. The van der Waals surface area contributed by atoms with E-state index in [2.05, 4.69) is 22.0 Å². The molecule has 2 aliphatic rings. The highest BCUT2D eigenvalue weighted by Gasteiger charge is 2.28. The van der Waals surface area contributed by atoms with E-state index in [-0.39, 0.29) is 12.4 Å². The number of aromatic nitrogens is 1. The fourth-order valence-corrected chi connectivity index (χ4v) is 5.08. The Morgan fingerprint density at radius 2 is 2.00 bits per heavy atom. The summed E-state index contributed by atoms with van der Waals surface area (Å²) in [4.78, 5) is 6.58. The van der Waals surface area contributed by atoms with Crippen molar-refractivity contribution in [2.45, 2.75) is 57.7 Å². The third kappa shape index (κ3) is 6.01. The van der Waals surface area contributed by atoms with Gasteiger partial charge in [-0.3, -0.25) is 0 Å². The van der Waals surface area contributed by atoms with Gasteiger partial charge in [0, 0.05) is 37.0 Å². The quantitative estimate of drug-likeness (QED) is 0.413. The van der Waals surface area contributed by atoms with Gasteiger partial charge in [0.1, 0.15) is 17.2 Å². The highest BCUT2D eigenvalue weighted by atomic mass is 35.5. The monoisotopic (exact) mass is 508 g/mol. The first-order valence-electron chi connectivity index (χ1n) is 12.7. The van der Waals surface area contributed by atoms with Gasteiger partial charge < -0.3 is 24.2 Å². The summed E-state index contributed by atoms with van der Waals surface area (Å²) in [6, 6.07) is 17.7. The highest BCUT2D eigenvalue weighted by molar-refractivity contribution is 6.31. The van der Waals surface area contributed by atoms with Crippen LogP contribution in [-0.2, 0) is 16.1 Å². The van der Waals surface area contributed by atoms with Crippen LogP contribution in [0.3, 0.4) is 0 Å². The maximum Gasteiger partial charge on any atom is 0.232 e. The summed E-state index contributed by atoms with van der Waals surface area (Å²) in [6.07, 6.45) is 4.77. The van der Waals surface area contributed by atoms with E-state index in [9.17, 15) is 5.11 Å². The zero-order valence-electron chi connectivity index (χ0n) is 20.6. The number of rotatable bonds is 8. The maximum absolute atomic E-state index is 11.1. The fourth-order valence-electron chi connectivity index (χ4n) is 4.92. The van der Waals surface area contributed by atoms with Gasteiger partial charge in [-0.2, -0.15) is 0 Å². The van der Waals surface area contributed by atoms with Crippen molar-refractivity contribution in [3.8, 4) is 5.88 Å². The Kier molecular flexibility index (Phi) is 8.07. The van der Waals surface area contributed by atoms with E-state index in [1.807, 2.05) is 37.3 Å². The van der Waals surface area contributed by atoms with Gasteiger partial charge in [-0.1, -0.05) is 47.5 Å². The van der Waals surface area contributed by atoms with E-state index in [4.69, 9.17) is 25.8 Å². The van der Waals surface area contributed by atoms with Crippen LogP contribution in [0.2, 0.25) is 5.02 Å². The first-order valence-corrected chi connectivity index (χ1v) is 13.1. The van der Waals surface area contributed by atoms with Gasteiger partial charge in [0.25, 0.3) is 0 Å². The Morgan fingerprint density at radius 3 is 2.81 bits per heavy atom. The summed E-state index contributed by atoms with van der Waals surface area (Å²) in [5.41, 5.74) is 4.97. The molecule has 0 bridgehead atoms. The molecule has 3 unspecified atom stereocenters. The van der Waals surface area contributed by atoms with E-state index in [0.29, 0.717) is 17.5 Å². The number of halogens is 1. The summed E-state index contributed by atoms with van der Waals surface area (Å²) in [6.45, 7) is 4.77. The van der Waals surface area contributed by atoms with Crippen LogP contribution in [0.15, 0.2) is 60.8 Å². The molecule has 190 valence electrons. The lowest BCUT2D eigenvalue weighted by Gasteiger charge is -2.26. The molecule has 6 nitrogen and oxygen atoms in total. The number of hydrogen-bond acceptors (Lipinski definition) is 6. The number of ether oxygens (including phenoxy) is 3. The minimum absolute atomic E-state index is 0.00888. The number of anilines is 1. The number of aryl methyl sites for hydroxylation is 1. The van der Waals surface area contributed by atoms with E-state index < -0.39 is 6.10 Å². The molecule has 5 rings (SSSR count).